The van der Waals surface area contributed by atoms with E-state index in [2.05, 4.69) is 4.98 Å². The van der Waals surface area contributed by atoms with E-state index in [0.717, 1.165) is 4.57 Å². The van der Waals surface area contributed by atoms with Crippen molar-refractivity contribution in [2.45, 2.75) is 44.1 Å². The van der Waals surface area contributed by atoms with Gasteiger partial charge in [-0.1, -0.05) is 0 Å². The Hall–Kier alpha value is -1.66. The average molecular weight is 332 g/mol. The first-order valence-electron chi connectivity index (χ1n) is 6.41. The zero-order valence-electron chi connectivity index (χ0n) is 11.8. The van der Waals surface area contributed by atoms with E-state index in [1.807, 2.05) is 11.3 Å². The number of nitrogens with two attached hydrogens (primary N) is 1. The number of aliphatic hydroxyl groups is 2. The lowest BCUT2D eigenvalue weighted by molar-refractivity contribution is -0.0808. The summed E-state index contributed by atoms with van der Waals surface area (Å²) in [5.41, 5.74) is 2.18. The van der Waals surface area contributed by atoms with Crippen molar-refractivity contribution in [2.75, 3.05) is 5.73 Å². The number of ether oxygens (including phenoxy) is 1. The van der Waals surface area contributed by atoms with Gasteiger partial charge in [0.05, 0.1) is 6.10 Å². The fourth-order valence-corrected chi connectivity index (χ4v) is 2.60. The summed E-state index contributed by atoms with van der Waals surface area (Å²) in [5.74, 6) is 1.99. The van der Waals surface area contributed by atoms with E-state index in [0.29, 0.717) is 0 Å². The molecular weight excluding hydrogens is 317 g/mol. The molecule has 1 saturated heterocycles. The van der Waals surface area contributed by atoms with Gasteiger partial charge in [0.1, 0.15) is 18.0 Å². The SMILES string of the molecule is Cc1cc(N)nc(=O)n1[C@@H]1O[C@H]([C@H](C)O)C(O)[C@]1(F)C#CCl. The normalized spacial score (nSPS) is 32.4. The van der Waals surface area contributed by atoms with Crippen molar-refractivity contribution in [1.82, 2.24) is 9.55 Å². The molecule has 0 radical (unpaired) electrons. The van der Waals surface area contributed by atoms with Crippen LogP contribution in [0.1, 0.15) is 18.8 Å². The van der Waals surface area contributed by atoms with Gasteiger partial charge in [-0.25, -0.2) is 9.18 Å². The summed E-state index contributed by atoms with van der Waals surface area (Å²) in [6.07, 6.45) is -5.89. The average Bonchev–Trinajstić information content (AvgIpc) is 2.63. The monoisotopic (exact) mass is 331 g/mol. The van der Waals surface area contributed by atoms with Gasteiger partial charge < -0.3 is 20.7 Å². The molecule has 0 aromatic carbocycles. The van der Waals surface area contributed by atoms with Gasteiger partial charge in [0.15, 0.2) is 6.23 Å². The van der Waals surface area contributed by atoms with Crippen molar-refractivity contribution in [2.24, 2.45) is 0 Å². The molecule has 0 spiro atoms. The quantitative estimate of drug-likeness (QED) is 0.641. The Morgan fingerprint density at radius 2 is 2.32 bits per heavy atom. The number of aromatic nitrogens is 2. The molecule has 0 saturated carbocycles. The Bertz CT molecular complexity index is 699. The van der Waals surface area contributed by atoms with Gasteiger partial charge >= 0.3 is 5.69 Å². The molecule has 1 aromatic heterocycles. The third-order valence-corrected chi connectivity index (χ3v) is 3.60. The first kappa shape index (κ1) is 16.7. The molecule has 1 aliphatic heterocycles. The van der Waals surface area contributed by atoms with Crippen LogP contribution in [0, 0.1) is 18.2 Å². The van der Waals surface area contributed by atoms with Crippen LogP contribution in [0.15, 0.2) is 10.9 Å². The highest BCUT2D eigenvalue weighted by molar-refractivity contribution is 6.30. The zero-order valence-corrected chi connectivity index (χ0v) is 12.6. The van der Waals surface area contributed by atoms with Gasteiger partial charge in [0.2, 0.25) is 5.67 Å². The van der Waals surface area contributed by atoms with E-state index in [-0.39, 0.29) is 11.5 Å². The first-order chi connectivity index (χ1) is 10.2. The van der Waals surface area contributed by atoms with Crippen LogP contribution < -0.4 is 11.4 Å². The lowest BCUT2D eigenvalue weighted by Gasteiger charge is -2.25. The molecule has 0 amide bonds. The van der Waals surface area contributed by atoms with Crippen LogP contribution in [0.4, 0.5) is 10.2 Å². The molecule has 2 heterocycles. The molecule has 7 nitrogen and oxygen atoms in total. The number of anilines is 1. The predicted octanol–water partition coefficient (Wildman–Crippen LogP) is -0.319. The topological polar surface area (TPSA) is 111 Å². The summed E-state index contributed by atoms with van der Waals surface area (Å²) in [6.45, 7) is 2.82. The van der Waals surface area contributed by atoms with Crippen LogP contribution in [-0.2, 0) is 4.74 Å². The molecule has 0 bridgehead atoms. The molecule has 4 N–H and O–H groups in total. The number of hydrogen-bond acceptors (Lipinski definition) is 6. The minimum atomic E-state index is -2.68. The molecule has 1 aliphatic rings. The van der Waals surface area contributed by atoms with Gasteiger partial charge in [-0.3, -0.25) is 4.57 Å². The number of nitrogen functional groups attached to an aromatic ring is 1. The molecule has 2 rings (SSSR count). The molecule has 22 heavy (non-hydrogen) atoms. The molecule has 1 unspecified atom stereocenters. The van der Waals surface area contributed by atoms with Crippen molar-refractivity contribution in [1.29, 1.82) is 0 Å². The third-order valence-electron chi connectivity index (χ3n) is 3.50. The van der Waals surface area contributed by atoms with Crippen LogP contribution in [0.2, 0.25) is 0 Å². The van der Waals surface area contributed by atoms with Crippen molar-refractivity contribution >= 4 is 17.4 Å². The highest BCUT2D eigenvalue weighted by Crippen LogP contribution is 2.42. The molecule has 120 valence electrons. The Morgan fingerprint density at radius 3 is 2.82 bits per heavy atom. The van der Waals surface area contributed by atoms with Crippen molar-refractivity contribution < 1.29 is 19.3 Å². The Morgan fingerprint density at radius 1 is 1.68 bits per heavy atom. The van der Waals surface area contributed by atoms with Gasteiger partial charge in [0, 0.05) is 11.1 Å². The molecule has 9 heteroatoms. The summed E-state index contributed by atoms with van der Waals surface area (Å²) < 4.78 is 21.4. The molecular formula is C13H15ClFN3O4. The number of aryl methyl sites for hydroxylation is 1. The number of alkyl halides is 1. The Balaban J connectivity index is 2.62. The van der Waals surface area contributed by atoms with E-state index >= 15 is 4.39 Å². The number of rotatable bonds is 2. The summed E-state index contributed by atoms with van der Waals surface area (Å²) in [6, 6.07) is 1.35. The van der Waals surface area contributed by atoms with Crippen LogP contribution in [0.5, 0.6) is 0 Å². The van der Waals surface area contributed by atoms with E-state index < -0.39 is 35.9 Å². The molecule has 0 aliphatic carbocycles. The van der Waals surface area contributed by atoms with Gasteiger partial charge in [0.25, 0.3) is 0 Å². The smallest absolute Gasteiger partial charge is 0.351 e. The number of aliphatic hydroxyl groups excluding tert-OH is 2. The minimum absolute atomic E-state index is 0.0303. The van der Waals surface area contributed by atoms with E-state index in [1.54, 1.807) is 0 Å². The second-order valence-electron chi connectivity index (χ2n) is 5.10. The van der Waals surface area contributed by atoms with E-state index in [9.17, 15) is 15.0 Å². The lowest BCUT2D eigenvalue weighted by Crippen LogP contribution is -2.45. The number of nitrogens with zero attached hydrogens (tertiary/aromatic N) is 2. The first-order valence-corrected chi connectivity index (χ1v) is 6.79. The van der Waals surface area contributed by atoms with Gasteiger partial charge in [-0.15, -0.1) is 0 Å². The third kappa shape index (κ3) is 2.57. The van der Waals surface area contributed by atoms with Crippen LogP contribution in [-0.4, -0.2) is 43.7 Å². The number of halogens is 2. The van der Waals surface area contributed by atoms with Crippen LogP contribution >= 0.6 is 11.6 Å². The molecule has 5 atom stereocenters. The summed E-state index contributed by atoms with van der Waals surface area (Å²) >= 11 is 5.27. The fraction of sp³-hybridized carbons (Fsp3) is 0.538. The second-order valence-corrected chi connectivity index (χ2v) is 5.29. The highest BCUT2D eigenvalue weighted by Gasteiger charge is 2.59. The summed E-state index contributed by atoms with van der Waals surface area (Å²) in [5, 5.41) is 21.6. The zero-order chi connectivity index (χ0) is 16.7. The fourth-order valence-electron chi connectivity index (χ4n) is 2.46. The number of hydrogen-bond donors (Lipinski definition) is 3. The standard InChI is InChI=1S/C13H15ClFN3O4/c1-6-5-8(16)17-12(21)18(6)11-13(15,3-4-14)10(20)9(22-11)7(2)19/h5,7,9-11,19-20H,1-2H3,(H2,16,17,21)/t7-,9+,10?,11+,13+/m0/s1. The summed E-state index contributed by atoms with van der Waals surface area (Å²) in [7, 11) is 0. The maximum Gasteiger partial charge on any atom is 0.351 e. The largest absolute Gasteiger partial charge is 0.391 e. The van der Waals surface area contributed by atoms with Crippen molar-refractivity contribution in [3.63, 3.8) is 0 Å². The lowest BCUT2D eigenvalue weighted by atomic mass is 9.95. The van der Waals surface area contributed by atoms with E-state index in [4.69, 9.17) is 22.1 Å². The van der Waals surface area contributed by atoms with Crippen molar-refractivity contribution in [3.05, 3.63) is 22.2 Å². The predicted molar refractivity (Wildman–Crippen MR) is 76.7 cm³/mol. The van der Waals surface area contributed by atoms with E-state index in [1.165, 1.54) is 19.9 Å². The molecule has 1 aromatic rings. The maximum absolute atomic E-state index is 15.2. The van der Waals surface area contributed by atoms with Crippen molar-refractivity contribution in [3.8, 4) is 11.3 Å². The Labute approximate surface area is 130 Å². The maximum atomic E-state index is 15.2. The Kier molecular flexibility index (Phi) is 4.44. The van der Waals surface area contributed by atoms with Gasteiger partial charge in [-0.05, 0) is 37.4 Å². The summed E-state index contributed by atoms with van der Waals surface area (Å²) in [4.78, 5) is 15.5. The second kappa shape index (κ2) is 5.85. The highest BCUT2D eigenvalue weighted by atomic mass is 35.5. The van der Waals surface area contributed by atoms with Crippen LogP contribution in [0.25, 0.3) is 0 Å². The van der Waals surface area contributed by atoms with Crippen LogP contribution in [0.3, 0.4) is 0 Å². The minimum Gasteiger partial charge on any atom is -0.391 e. The molecule has 1 fully saturated rings. The van der Waals surface area contributed by atoms with Gasteiger partial charge in [-0.2, -0.15) is 4.98 Å².